The molecule has 5 fully saturated rings. The average molecular weight is 870 g/mol. The van der Waals surface area contributed by atoms with Crippen molar-refractivity contribution >= 4 is 25.5 Å². The molecule has 0 aromatic heterocycles. The quantitative estimate of drug-likeness (QED) is 0.0929. The molecule has 336 valence electrons. The molecule has 2 aromatic carbocycles. The molecular formula is C45H64N3O12P. The normalized spacial score (nSPS) is 29.8. The zero-order valence-electron chi connectivity index (χ0n) is 36.4. The van der Waals surface area contributed by atoms with E-state index in [-0.39, 0.29) is 56.5 Å². The largest absolute Gasteiger partial charge is 0.445 e. The Balaban J connectivity index is 1.21. The molecule has 61 heavy (non-hydrogen) atoms. The molecule has 1 unspecified atom stereocenters. The predicted octanol–water partition coefficient (Wildman–Crippen LogP) is 7.67. The van der Waals surface area contributed by atoms with Crippen LogP contribution in [0.5, 0.6) is 0 Å². The van der Waals surface area contributed by atoms with Crippen LogP contribution in [0.3, 0.4) is 0 Å². The summed E-state index contributed by atoms with van der Waals surface area (Å²) in [6.07, 6.45) is 2.76. The molecule has 4 saturated heterocycles. The molecule has 3 N–H and O–H groups in total. The first-order chi connectivity index (χ1) is 29.2. The molecule has 2 bridgehead atoms. The molecule has 0 radical (unpaired) electrons. The molecule has 1 aliphatic carbocycles. The van der Waals surface area contributed by atoms with Gasteiger partial charge in [-0.15, -0.1) is 0 Å². The smallest absolute Gasteiger partial charge is 0.408 e. The summed E-state index contributed by atoms with van der Waals surface area (Å²) < 4.78 is 49.3. The number of hydrogen-bond donors (Lipinski definition) is 3. The van der Waals surface area contributed by atoms with Crippen molar-refractivity contribution in [3.05, 3.63) is 83.7 Å². The Hall–Kier alpha value is -3.66. The second-order valence-electron chi connectivity index (χ2n) is 17.2. The van der Waals surface area contributed by atoms with Crippen LogP contribution in [0.4, 0.5) is 4.79 Å². The zero-order valence-corrected chi connectivity index (χ0v) is 37.3. The third-order valence-corrected chi connectivity index (χ3v) is 14.0. The van der Waals surface area contributed by atoms with Gasteiger partial charge in [0, 0.05) is 24.1 Å². The van der Waals surface area contributed by atoms with Crippen molar-refractivity contribution in [2.24, 2.45) is 29.6 Å². The van der Waals surface area contributed by atoms with Crippen molar-refractivity contribution < 1.29 is 56.7 Å². The van der Waals surface area contributed by atoms with E-state index < -0.39 is 67.6 Å². The lowest BCUT2D eigenvalue weighted by Gasteiger charge is -2.60. The highest BCUT2D eigenvalue weighted by Crippen LogP contribution is 2.60. The van der Waals surface area contributed by atoms with Gasteiger partial charge < -0.3 is 43.9 Å². The lowest BCUT2D eigenvalue weighted by Crippen LogP contribution is -2.70. The van der Waals surface area contributed by atoms with Crippen LogP contribution in [0, 0.1) is 29.6 Å². The number of hydrogen-bond acceptors (Lipinski definition) is 12. The fourth-order valence-corrected chi connectivity index (χ4v) is 10.5. The van der Waals surface area contributed by atoms with E-state index in [1.807, 2.05) is 88.4 Å². The minimum atomic E-state index is -3.61. The van der Waals surface area contributed by atoms with E-state index in [0.29, 0.717) is 17.9 Å². The van der Waals surface area contributed by atoms with Crippen LogP contribution in [0.1, 0.15) is 97.7 Å². The minimum Gasteiger partial charge on any atom is -0.445 e. The number of ether oxygens (including phenoxy) is 4. The molecule has 5 aliphatic rings. The SMILES string of the molecule is CCOP(=O)(/C=C/C(NC(=O)[C@H](CC(C)C)NC(=O)[C@H](CO[C@H]1O[C@@H]2O[C@]3(C)CC[C@H]4[C@H](C)CC[C@@H]([C@H]1C)[C@@]24OO3)NC(=O)OCc1ccccc1)c1ccccc1)OCC. The van der Waals surface area contributed by atoms with Gasteiger partial charge >= 0.3 is 13.7 Å². The maximum absolute atomic E-state index is 14.4. The Morgan fingerprint density at radius 1 is 0.869 bits per heavy atom. The predicted molar refractivity (Wildman–Crippen MR) is 225 cm³/mol. The molecule has 3 amide bonds. The van der Waals surface area contributed by atoms with E-state index in [0.717, 1.165) is 24.8 Å². The van der Waals surface area contributed by atoms with E-state index in [1.54, 1.807) is 19.9 Å². The molecule has 1 saturated carbocycles. The third-order valence-electron chi connectivity index (χ3n) is 12.2. The molecule has 15 nitrogen and oxygen atoms in total. The second kappa shape index (κ2) is 20.7. The van der Waals surface area contributed by atoms with Gasteiger partial charge in [0.1, 0.15) is 18.7 Å². The van der Waals surface area contributed by atoms with Crippen molar-refractivity contribution in [3.63, 3.8) is 0 Å². The maximum atomic E-state index is 14.4. The first-order valence-electron chi connectivity index (χ1n) is 21.7. The number of rotatable bonds is 19. The van der Waals surface area contributed by atoms with Gasteiger partial charge in [-0.05, 0) is 81.4 Å². The van der Waals surface area contributed by atoms with Gasteiger partial charge in [-0.2, -0.15) is 0 Å². The number of benzene rings is 2. The van der Waals surface area contributed by atoms with Crippen LogP contribution in [-0.2, 0) is 58.5 Å². The highest BCUT2D eigenvalue weighted by Gasteiger charge is 2.69. The number of fused-ring (bicyclic) bond motifs is 2. The summed E-state index contributed by atoms with van der Waals surface area (Å²) in [7, 11) is -3.61. The summed E-state index contributed by atoms with van der Waals surface area (Å²) in [5, 5.41) is 8.57. The number of carbonyl (C=O) groups is 3. The van der Waals surface area contributed by atoms with Crippen LogP contribution < -0.4 is 16.0 Å². The maximum Gasteiger partial charge on any atom is 0.408 e. The van der Waals surface area contributed by atoms with E-state index in [1.165, 1.54) is 5.82 Å². The molecule has 16 heteroatoms. The highest BCUT2D eigenvalue weighted by atomic mass is 31.2. The minimum absolute atomic E-state index is 0.0230. The van der Waals surface area contributed by atoms with Gasteiger partial charge in [-0.25, -0.2) is 14.6 Å². The Morgan fingerprint density at radius 3 is 2.21 bits per heavy atom. The summed E-state index contributed by atoms with van der Waals surface area (Å²) in [5.74, 6) is -0.516. The topological polar surface area (TPSA) is 178 Å². The Morgan fingerprint density at radius 2 is 1.54 bits per heavy atom. The Bertz CT molecular complexity index is 1840. The molecule has 1 spiro atoms. The number of amides is 3. The van der Waals surface area contributed by atoms with E-state index >= 15 is 0 Å². The highest BCUT2D eigenvalue weighted by molar-refractivity contribution is 7.57. The first-order valence-corrected chi connectivity index (χ1v) is 23.3. The molecule has 11 atom stereocenters. The monoisotopic (exact) mass is 869 g/mol. The van der Waals surface area contributed by atoms with Crippen molar-refractivity contribution in [1.29, 1.82) is 0 Å². The van der Waals surface area contributed by atoms with Crippen molar-refractivity contribution in [1.82, 2.24) is 16.0 Å². The van der Waals surface area contributed by atoms with Crippen molar-refractivity contribution in [3.8, 4) is 0 Å². The standard InChI is InChI=1S/C45H64N3O12P/c1-8-55-61(52,56-9-2)25-23-36(33-18-14-11-15-19-33)46-39(49)37(26-29(3)4)47-40(50)38(48-43(51)54-27-32-16-12-10-13-17-32)28-53-41-31(6)35-21-20-30(5)34-22-24-44(7)58-42(57-41)45(34,35)60-59-44/h10-19,23,25,29-31,34-38,41-42H,8-9,20-22,24,26-28H2,1-7H3,(H,46,49)(H,47,50)(H,48,51)/b25-23+/t30-,31-,34+,35+,36?,37+,38+,41+,42-,44+,45-/m1/s1. The summed E-state index contributed by atoms with van der Waals surface area (Å²) in [4.78, 5) is 54.1. The van der Waals surface area contributed by atoms with E-state index in [4.69, 9.17) is 37.8 Å². The van der Waals surface area contributed by atoms with E-state index in [9.17, 15) is 18.9 Å². The van der Waals surface area contributed by atoms with Gasteiger partial charge in [0.25, 0.3) is 0 Å². The lowest BCUT2D eigenvalue weighted by atomic mass is 9.58. The molecular weight excluding hydrogens is 805 g/mol. The van der Waals surface area contributed by atoms with Gasteiger partial charge in [-0.1, -0.05) is 88.4 Å². The average Bonchev–Trinajstić information content (AvgIpc) is 3.47. The van der Waals surface area contributed by atoms with Crippen LogP contribution >= 0.6 is 7.60 Å². The second-order valence-corrected chi connectivity index (χ2v) is 19.1. The van der Waals surface area contributed by atoms with Gasteiger partial charge in [0.05, 0.1) is 25.9 Å². The molecule has 4 aliphatic heterocycles. The Kier molecular flexibility index (Phi) is 15.9. The summed E-state index contributed by atoms with van der Waals surface area (Å²) >= 11 is 0. The molecule has 2 aromatic rings. The first kappa shape index (κ1) is 46.8. The van der Waals surface area contributed by atoms with Gasteiger partial charge in [0.15, 0.2) is 18.2 Å². The van der Waals surface area contributed by atoms with Crippen molar-refractivity contribution in [2.45, 2.75) is 129 Å². The summed E-state index contributed by atoms with van der Waals surface area (Å²) in [6, 6.07) is 15.2. The van der Waals surface area contributed by atoms with Crippen molar-refractivity contribution in [2.75, 3.05) is 19.8 Å². The van der Waals surface area contributed by atoms with Crippen LogP contribution in [0.2, 0.25) is 0 Å². The number of carbonyl (C=O) groups excluding carboxylic acids is 3. The van der Waals surface area contributed by atoms with E-state index in [2.05, 4.69) is 22.9 Å². The third kappa shape index (κ3) is 11.3. The molecule has 4 heterocycles. The number of alkyl carbamates (subject to hydrolysis) is 1. The van der Waals surface area contributed by atoms with Gasteiger partial charge in [0.2, 0.25) is 17.6 Å². The zero-order chi connectivity index (χ0) is 43.8. The summed E-state index contributed by atoms with van der Waals surface area (Å²) in [6.45, 7) is 13.4. The fourth-order valence-electron chi connectivity index (χ4n) is 9.15. The Labute approximate surface area is 359 Å². The lowest BCUT2D eigenvalue weighted by molar-refractivity contribution is -0.577. The van der Waals surface area contributed by atoms with Crippen LogP contribution in [-0.4, -0.2) is 73.8 Å². The fraction of sp³-hybridized carbons (Fsp3) is 0.622. The van der Waals surface area contributed by atoms with Crippen LogP contribution in [0.25, 0.3) is 0 Å². The summed E-state index contributed by atoms with van der Waals surface area (Å²) in [5.41, 5.74) is 0.658. The number of nitrogens with one attached hydrogen (secondary N) is 3. The van der Waals surface area contributed by atoms with Crippen LogP contribution in [0.15, 0.2) is 72.6 Å². The molecule has 7 rings (SSSR count). The van der Waals surface area contributed by atoms with Gasteiger partial charge in [-0.3, -0.25) is 14.2 Å².